The molecule has 0 unspecified atom stereocenters. The van der Waals surface area contributed by atoms with Crippen molar-refractivity contribution in [1.29, 1.82) is 0 Å². The van der Waals surface area contributed by atoms with Crippen LogP contribution in [0.3, 0.4) is 0 Å². The molecule has 0 saturated carbocycles. The highest BCUT2D eigenvalue weighted by Crippen LogP contribution is 2.17. The Labute approximate surface area is 122 Å². The van der Waals surface area contributed by atoms with Crippen molar-refractivity contribution in [2.24, 2.45) is 7.05 Å². The van der Waals surface area contributed by atoms with Gasteiger partial charge in [-0.05, 0) is 24.6 Å². The summed E-state index contributed by atoms with van der Waals surface area (Å²) >= 11 is 0. The van der Waals surface area contributed by atoms with Gasteiger partial charge in [-0.3, -0.25) is 4.68 Å². The first-order chi connectivity index (χ1) is 9.85. The summed E-state index contributed by atoms with van der Waals surface area (Å²) in [6, 6.07) is 3.51. The normalized spacial score (nSPS) is 11.8. The third-order valence-electron chi connectivity index (χ3n) is 3.26. The number of benzene rings is 1. The van der Waals surface area contributed by atoms with Crippen LogP contribution in [0.2, 0.25) is 0 Å². The lowest BCUT2D eigenvalue weighted by molar-refractivity contribution is 0.281. The molecular weight excluding hydrogens is 297 g/mol. The lowest BCUT2D eigenvalue weighted by atomic mass is 10.2. The number of nitrogens with zero attached hydrogens (tertiary/aromatic N) is 2. The number of aliphatic hydroxyl groups is 1. The van der Waals surface area contributed by atoms with E-state index in [9.17, 15) is 12.8 Å². The van der Waals surface area contributed by atoms with Crippen molar-refractivity contribution in [2.75, 3.05) is 0 Å². The highest BCUT2D eigenvalue weighted by molar-refractivity contribution is 7.89. The van der Waals surface area contributed by atoms with Crippen molar-refractivity contribution in [2.45, 2.75) is 25.0 Å². The second-order valence-corrected chi connectivity index (χ2v) is 6.36. The predicted molar refractivity (Wildman–Crippen MR) is 74.3 cm³/mol. The highest BCUT2D eigenvalue weighted by Gasteiger charge is 2.19. The van der Waals surface area contributed by atoms with Gasteiger partial charge >= 0.3 is 0 Å². The van der Waals surface area contributed by atoms with Gasteiger partial charge in [-0.2, -0.15) is 5.10 Å². The van der Waals surface area contributed by atoms with Gasteiger partial charge in [-0.1, -0.05) is 6.07 Å². The Morgan fingerprint density at radius 2 is 2.14 bits per heavy atom. The molecule has 2 N–H and O–H groups in total. The number of aryl methyl sites for hydroxylation is 1. The van der Waals surface area contributed by atoms with Crippen molar-refractivity contribution in [3.63, 3.8) is 0 Å². The minimum atomic E-state index is -3.97. The van der Waals surface area contributed by atoms with E-state index < -0.39 is 20.7 Å². The SMILES string of the molecule is Cc1c(CNS(=O)(=O)c2ccc(CO)cc2F)cnn1C. The number of aliphatic hydroxyl groups excluding tert-OH is 1. The topological polar surface area (TPSA) is 84.2 Å². The molecule has 1 heterocycles. The monoisotopic (exact) mass is 313 g/mol. The van der Waals surface area contributed by atoms with E-state index in [1.807, 2.05) is 6.92 Å². The number of aromatic nitrogens is 2. The zero-order valence-electron chi connectivity index (χ0n) is 11.7. The summed E-state index contributed by atoms with van der Waals surface area (Å²) in [6.07, 6.45) is 1.56. The Kier molecular flexibility index (Phi) is 4.40. The Morgan fingerprint density at radius 1 is 1.43 bits per heavy atom. The second-order valence-electron chi connectivity index (χ2n) is 4.63. The molecular formula is C13H16FN3O3S. The number of hydrogen-bond donors (Lipinski definition) is 2. The zero-order valence-corrected chi connectivity index (χ0v) is 12.5. The van der Waals surface area contributed by atoms with E-state index >= 15 is 0 Å². The number of hydrogen-bond acceptors (Lipinski definition) is 4. The highest BCUT2D eigenvalue weighted by atomic mass is 32.2. The molecule has 0 saturated heterocycles. The average Bonchev–Trinajstić information content (AvgIpc) is 2.76. The molecule has 2 rings (SSSR count). The van der Waals surface area contributed by atoms with E-state index in [-0.39, 0.29) is 13.2 Å². The van der Waals surface area contributed by atoms with Crippen LogP contribution in [-0.2, 0) is 30.2 Å². The van der Waals surface area contributed by atoms with Crippen LogP contribution in [0, 0.1) is 12.7 Å². The van der Waals surface area contributed by atoms with Crippen LogP contribution in [0.1, 0.15) is 16.8 Å². The van der Waals surface area contributed by atoms with E-state index in [0.717, 1.165) is 17.8 Å². The predicted octanol–water partition coefficient (Wildman–Crippen LogP) is 0.838. The summed E-state index contributed by atoms with van der Waals surface area (Å²) in [5.41, 5.74) is 1.86. The fourth-order valence-corrected chi connectivity index (χ4v) is 2.89. The number of rotatable bonds is 5. The Hall–Kier alpha value is -1.77. The molecule has 0 aliphatic heterocycles. The molecule has 0 amide bonds. The third-order valence-corrected chi connectivity index (χ3v) is 4.69. The quantitative estimate of drug-likeness (QED) is 0.856. The summed E-state index contributed by atoms with van der Waals surface area (Å²) in [5.74, 6) is -0.892. The number of sulfonamides is 1. The van der Waals surface area contributed by atoms with Gasteiger partial charge in [0.15, 0.2) is 0 Å². The van der Waals surface area contributed by atoms with Gasteiger partial charge in [0.05, 0.1) is 12.8 Å². The van der Waals surface area contributed by atoms with Gasteiger partial charge in [-0.15, -0.1) is 0 Å². The van der Waals surface area contributed by atoms with E-state index in [1.54, 1.807) is 17.9 Å². The minimum absolute atomic E-state index is 0.0310. The molecule has 8 heteroatoms. The summed E-state index contributed by atoms with van der Waals surface area (Å²) in [7, 11) is -2.21. The molecule has 1 aromatic heterocycles. The minimum Gasteiger partial charge on any atom is -0.392 e. The van der Waals surface area contributed by atoms with Crippen LogP contribution in [0.25, 0.3) is 0 Å². The maximum atomic E-state index is 13.8. The van der Waals surface area contributed by atoms with Gasteiger partial charge < -0.3 is 5.11 Å². The van der Waals surface area contributed by atoms with E-state index in [0.29, 0.717) is 11.1 Å². The third kappa shape index (κ3) is 3.29. The largest absolute Gasteiger partial charge is 0.392 e. The molecule has 21 heavy (non-hydrogen) atoms. The van der Waals surface area contributed by atoms with E-state index in [4.69, 9.17) is 5.11 Å². The smallest absolute Gasteiger partial charge is 0.243 e. The molecule has 0 radical (unpaired) electrons. The van der Waals surface area contributed by atoms with Crippen LogP contribution in [0.15, 0.2) is 29.3 Å². The fraction of sp³-hybridized carbons (Fsp3) is 0.308. The summed E-state index contributed by atoms with van der Waals surface area (Å²) in [4.78, 5) is -0.443. The van der Waals surface area contributed by atoms with Gasteiger partial charge in [-0.25, -0.2) is 17.5 Å². The Bertz CT molecular complexity index is 756. The number of halogens is 1. The standard InChI is InChI=1S/C13H16FN3O3S/c1-9-11(6-15-17(9)2)7-16-21(19,20)13-4-3-10(8-18)5-12(13)14/h3-6,16,18H,7-8H2,1-2H3. The molecule has 2 aromatic rings. The first-order valence-electron chi connectivity index (χ1n) is 6.21. The molecule has 1 aromatic carbocycles. The van der Waals surface area contributed by atoms with E-state index in [2.05, 4.69) is 9.82 Å². The Morgan fingerprint density at radius 3 is 2.67 bits per heavy atom. The fourth-order valence-electron chi connectivity index (χ4n) is 1.83. The maximum Gasteiger partial charge on any atom is 0.243 e. The van der Waals surface area contributed by atoms with Gasteiger partial charge in [0.2, 0.25) is 10.0 Å². The van der Waals surface area contributed by atoms with Crippen LogP contribution >= 0.6 is 0 Å². The molecule has 0 fully saturated rings. The lowest BCUT2D eigenvalue weighted by Gasteiger charge is -2.08. The Balaban J connectivity index is 2.21. The molecule has 0 bridgehead atoms. The first kappa shape index (κ1) is 15.6. The molecule has 114 valence electrons. The summed E-state index contributed by atoms with van der Waals surface area (Å²) < 4.78 is 42.0. The van der Waals surface area contributed by atoms with Crippen LogP contribution < -0.4 is 4.72 Å². The second kappa shape index (κ2) is 5.92. The number of nitrogens with one attached hydrogen (secondary N) is 1. The van der Waals surface area contributed by atoms with Crippen molar-refractivity contribution < 1.29 is 17.9 Å². The molecule has 0 spiro atoms. The maximum absolute atomic E-state index is 13.8. The van der Waals surface area contributed by atoms with E-state index in [1.165, 1.54) is 6.07 Å². The van der Waals surface area contributed by atoms with Gasteiger partial charge in [0.1, 0.15) is 10.7 Å². The summed E-state index contributed by atoms with van der Waals surface area (Å²) in [5, 5.41) is 12.9. The van der Waals surface area contributed by atoms with Crippen molar-refractivity contribution >= 4 is 10.0 Å². The molecule has 0 aliphatic rings. The van der Waals surface area contributed by atoms with Gasteiger partial charge in [0.25, 0.3) is 0 Å². The van der Waals surface area contributed by atoms with Crippen molar-refractivity contribution in [1.82, 2.24) is 14.5 Å². The van der Waals surface area contributed by atoms with Crippen LogP contribution in [0.5, 0.6) is 0 Å². The lowest BCUT2D eigenvalue weighted by Crippen LogP contribution is -2.24. The molecule has 6 nitrogen and oxygen atoms in total. The first-order valence-corrected chi connectivity index (χ1v) is 7.70. The zero-order chi connectivity index (χ0) is 15.6. The van der Waals surface area contributed by atoms with Gasteiger partial charge in [0, 0.05) is 24.8 Å². The molecule has 0 atom stereocenters. The van der Waals surface area contributed by atoms with Crippen molar-refractivity contribution in [3.8, 4) is 0 Å². The average molecular weight is 313 g/mol. The van der Waals surface area contributed by atoms with Crippen LogP contribution in [0.4, 0.5) is 4.39 Å². The molecule has 0 aliphatic carbocycles. The van der Waals surface area contributed by atoms with Crippen molar-refractivity contribution in [3.05, 3.63) is 47.0 Å². The summed E-state index contributed by atoms with van der Waals surface area (Å²) in [6.45, 7) is 1.50. The van der Waals surface area contributed by atoms with Crippen LogP contribution in [-0.4, -0.2) is 23.3 Å².